The summed E-state index contributed by atoms with van der Waals surface area (Å²) in [6.45, 7) is 9.14. The van der Waals surface area contributed by atoms with Crippen LogP contribution in [-0.2, 0) is 11.7 Å². The van der Waals surface area contributed by atoms with E-state index < -0.39 is 0 Å². The molecule has 1 N–H and O–H groups in total. The van der Waals surface area contributed by atoms with Gasteiger partial charge in [-0.25, -0.2) is 4.39 Å². The van der Waals surface area contributed by atoms with E-state index in [4.69, 9.17) is 0 Å². The van der Waals surface area contributed by atoms with Crippen LogP contribution in [0.1, 0.15) is 48.9 Å². The minimum atomic E-state index is -0.193. The van der Waals surface area contributed by atoms with Crippen LogP contribution >= 0.6 is 8.58 Å². The van der Waals surface area contributed by atoms with Crippen molar-refractivity contribution in [2.45, 2.75) is 52.2 Å². The number of phenols is 1. The van der Waals surface area contributed by atoms with Crippen LogP contribution in [0.15, 0.2) is 30.3 Å². The number of hydrogen-bond donors (Lipinski definition) is 1. The number of aryl methyl sites for hydroxylation is 2. The molecule has 0 radical (unpaired) electrons. The zero-order valence-corrected chi connectivity index (χ0v) is 17.8. The second kappa shape index (κ2) is 8.50. The summed E-state index contributed by atoms with van der Waals surface area (Å²) in [4.78, 5) is 2.06. The van der Waals surface area contributed by atoms with Crippen molar-refractivity contribution in [2.75, 3.05) is 14.1 Å². The Balaban J connectivity index is 2.52. The molecule has 0 heterocycles. The molecule has 4 heteroatoms. The first-order valence-corrected chi connectivity index (χ1v) is 10.2. The van der Waals surface area contributed by atoms with Crippen molar-refractivity contribution in [2.24, 2.45) is 0 Å². The van der Waals surface area contributed by atoms with Crippen molar-refractivity contribution in [3.05, 3.63) is 58.4 Å². The van der Waals surface area contributed by atoms with E-state index in [1.165, 1.54) is 5.30 Å². The molecule has 0 bridgehead atoms. The van der Waals surface area contributed by atoms with Gasteiger partial charge in [-0.1, -0.05) is 52.6 Å². The fourth-order valence-corrected chi connectivity index (χ4v) is 5.37. The second-order valence-corrected chi connectivity index (χ2v) is 9.62. The highest BCUT2D eigenvalue weighted by Crippen LogP contribution is 2.49. The Morgan fingerprint density at radius 2 is 1.85 bits per heavy atom. The smallest absolute Gasteiger partial charge is 0.123 e. The maximum atomic E-state index is 13.8. The number of phenolic OH excluding ortho intramolecular Hbond substituents is 1. The molecule has 2 aromatic rings. The van der Waals surface area contributed by atoms with Crippen molar-refractivity contribution in [1.82, 2.24) is 4.90 Å². The highest BCUT2D eigenvalue weighted by Gasteiger charge is 2.30. The first-order chi connectivity index (χ1) is 12.2. The Morgan fingerprint density at radius 3 is 2.46 bits per heavy atom. The van der Waals surface area contributed by atoms with Crippen LogP contribution in [0.5, 0.6) is 5.75 Å². The molecule has 2 unspecified atom stereocenters. The lowest BCUT2D eigenvalue weighted by molar-refractivity contribution is 0.402. The largest absolute Gasteiger partial charge is 0.507 e. The van der Waals surface area contributed by atoms with E-state index in [0.717, 1.165) is 35.1 Å². The molecule has 0 aromatic heterocycles. The van der Waals surface area contributed by atoms with Crippen LogP contribution in [0.4, 0.5) is 4.39 Å². The first kappa shape index (κ1) is 20.9. The SMILES string of the molecule is CCCC(C)(Pc1ccc(F)cc1CN(C)C)c1cc(C)cc(C)c1O. The Bertz CT molecular complexity index is 775. The van der Waals surface area contributed by atoms with Crippen molar-refractivity contribution in [3.63, 3.8) is 0 Å². The van der Waals surface area contributed by atoms with Gasteiger partial charge in [0.25, 0.3) is 0 Å². The van der Waals surface area contributed by atoms with Crippen molar-refractivity contribution >= 4 is 13.9 Å². The minimum Gasteiger partial charge on any atom is -0.507 e. The van der Waals surface area contributed by atoms with Crippen LogP contribution in [0.25, 0.3) is 0 Å². The molecule has 0 amide bonds. The average molecular weight is 375 g/mol. The zero-order valence-electron chi connectivity index (χ0n) is 16.8. The van der Waals surface area contributed by atoms with Crippen LogP contribution < -0.4 is 5.30 Å². The topological polar surface area (TPSA) is 23.5 Å². The highest BCUT2D eigenvalue weighted by molar-refractivity contribution is 7.48. The lowest BCUT2D eigenvalue weighted by Crippen LogP contribution is -2.23. The normalized spacial score (nSPS) is 14.3. The number of benzene rings is 2. The van der Waals surface area contributed by atoms with Crippen LogP contribution in [0, 0.1) is 19.7 Å². The Labute approximate surface area is 159 Å². The molecule has 2 aromatic carbocycles. The van der Waals surface area contributed by atoms with Gasteiger partial charge >= 0.3 is 0 Å². The summed E-state index contributed by atoms with van der Waals surface area (Å²) in [5.41, 5.74) is 4.12. The lowest BCUT2D eigenvalue weighted by Gasteiger charge is -2.33. The van der Waals surface area contributed by atoms with Gasteiger partial charge in [-0.2, -0.15) is 0 Å². The Morgan fingerprint density at radius 1 is 1.15 bits per heavy atom. The standard InChI is InChI=1S/C22H31FNOP/c1-7-10-22(4,19-12-15(2)11-16(3)21(19)25)26-20-9-8-18(23)13-17(20)14-24(5)6/h8-9,11-13,25-26H,7,10,14H2,1-6H3. The van der Waals surface area contributed by atoms with E-state index in [0.29, 0.717) is 20.9 Å². The van der Waals surface area contributed by atoms with E-state index in [1.807, 2.05) is 33.2 Å². The Kier molecular flexibility index (Phi) is 6.82. The maximum Gasteiger partial charge on any atom is 0.123 e. The van der Waals surface area contributed by atoms with Gasteiger partial charge in [0, 0.05) is 17.3 Å². The van der Waals surface area contributed by atoms with Crippen molar-refractivity contribution in [3.8, 4) is 5.75 Å². The van der Waals surface area contributed by atoms with Gasteiger partial charge in [-0.3, -0.25) is 0 Å². The van der Waals surface area contributed by atoms with Gasteiger partial charge < -0.3 is 10.0 Å². The van der Waals surface area contributed by atoms with E-state index in [1.54, 1.807) is 12.1 Å². The molecule has 0 fully saturated rings. The fourth-order valence-electron chi connectivity index (χ4n) is 3.60. The monoisotopic (exact) mass is 375 g/mol. The summed E-state index contributed by atoms with van der Waals surface area (Å²) in [5, 5.41) is 11.8. The predicted molar refractivity (Wildman–Crippen MR) is 112 cm³/mol. The summed E-state index contributed by atoms with van der Waals surface area (Å²) in [6, 6.07) is 9.25. The number of nitrogens with zero attached hydrogens (tertiary/aromatic N) is 1. The molecule has 142 valence electrons. The van der Waals surface area contributed by atoms with Crippen molar-refractivity contribution < 1.29 is 9.50 Å². The van der Waals surface area contributed by atoms with Gasteiger partial charge in [0.05, 0.1) is 0 Å². The molecular formula is C22H31FNOP. The molecular weight excluding hydrogens is 344 g/mol. The highest BCUT2D eigenvalue weighted by atomic mass is 31.1. The minimum absolute atomic E-state index is 0.172. The maximum absolute atomic E-state index is 13.8. The molecule has 0 saturated carbocycles. The first-order valence-electron chi connectivity index (χ1n) is 9.18. The molecule has 2 nitrogen and oxygen atoms in total. The van der Waals surface area contributed by atoms with Gasteiger partial charge in [-0.15, -0.1) is 0 Å². The summed E-state index contributed by atoms with van der Waals surface area (Å²) in [6.07, 6.45) is 2.00. The van der Waals surface area contributed by atoms with E-state index in [2.05, 4.69) is 31.7 Å². The lowest BCUT2D eigenvalue weighted by atomic mass is 9.91. The fraction of sp³-hybridized carbons (Fsp3) is 0.455. The summed E-state index contributed by atoms with van der Waals surface area (Å²) < 4.78 is 13.8. The number of halogens is 1. The van der Waals surface area contributed by atoms with Crippen LogP contribution in [-0.4, -0.2) is 24.1 Å². The molecule has 2 atom stereocenters. The van der Waals surface area contributed by atoms with Crippen molar-refractivity contribution in [1.29, 1.82) is 0 Å². The predicted octanol–water partition coefficient (Wildman–Crippen LogP) is 5.23. The van der Waals surface area contributed by atoms with Gasteiger partial charge in [0.15, 0.2) is 0 Å². The molecule has 0 aliphatic rings. The third-order valence-corrected chi connectivity index (χ3v) is 6.58. The molecule has 26 heavy (non-hydrogen) atoms. The van der Waals surface area contributed by atoms with Crippen LogP contribution in [0.2, 0.25) is 0 Å². The van der Waals surface area contributed by atoms with Gasteiger partial charge in [0.1, 0.15) is 11.6 Å². The van der Waals surface area contributed by atoms with Crippen LogP contribution in [0.3, 0.4) is 0 Å². The molecule has 0 aliphatic carbocycles. The summed E-state index contributed by atoms with van der Waals surface area (Å²) in [7, 11) is 4.46. The second-order valence-electron chi connectivity index (χ2n) is 7.72. The third kappa shape index (κ3) is 4.84. The summed E-state index contributed by atoms with van der Waals surface area (Å²) >= 11 is 0. The van der Waals surface area contributed by atoms with Gasteiger partial charge in [0.2, 0.25) is 0 Å². The summed E-state index contributed by atoms with van der Waals surface area (Å²) in [5.74, 6) is 0.206. The third-order valence-electron chi connectivity index (χ3n) is 4.75. The number of hydrogen-bond acceptors (Lipinski definition) is 2. The zero-order chi connectivity index (χ0) is 19.5. The number of rotatable bonds is 7. The molecule has 0 saturated heterocycles. The molecule has 0 aliphatic heterocycles. The van der Waals surface area contributed by atoms with E-state index in [-0.39, 0.29) is 11.0 Å². The molecule has 0 spiro atoms. The van der Waals surface area contributed by atoms with Gasteiger partial charge in [-0.05, 0) is 62.9 Å². The average Bonchev–Trinajstić information content (AvgIpc) is 2.53. The number of aromatic hydroxyl groups is 1. The Hall–Kier alpha value is -1.44. The quantitative estimate of drug-likeness (QED) is 0.670. The van der Waals surface area contributed by atoms with E-state index in [9.17, 15) is 9.50 Å². The molecule has 2 rings (SSSR count). The van der Waals surface area contributed by atoms with E-state index >= 15 is 0 Å².